The van der Waals surface area contributed by atoms with Gasteiger partial charge >= 0.3 is 0 Å². The van der Waals surface area contributed by atoms with Gasteiger partial charge in [0.1, 0.15) is 0 Å². The first-order chi connectivity index (χ1) is 15.9. The van der Waals surface area contributed by atoms with Gasteiger partial charge < -0.3 is 4.90 Å². The van der Waals surface area contributed by atoms with Crippen molar-refractivity contribution in [1.29, 1.82) is 0 Å². The van der Waals surface area contributed by atoms with E-state index in [1.807, 2.05) is 63.9 Å². The molecule has 0 N–H and O–H groups in total. The molecule has 33 heavy (non-hydrogen) atoms. The van der Waals surface area contributed by atoms with Gasteiger partial charge in [-0.3, -0.25) is 14.0 Å². The quantitative estimate of drug-likeness (QED) is 0.365. The highest BCUT2D eigenvalue weighted by Crippen LogP contribution is 2.23. The summed E-state index contributed by atoms with van der Waals surface area (Å²) in [5.41, 5.74) is 1.30. The Bertz CT molecular complexity index is 1320. The van der Waals surface area contributed by atoms with Crippen LogP contribution in [0.3, 0.4) is 0 Å². The molecule has 0 bridgehead atoms. The zero-order valence-corrected chi connectivity index (χ0v) is 20.2. The summed E-state index contributed by atoms with van der Waals surface area (Å²) in [7, 11) is 0. The van der Waals surface area contributed by atoms with Gasteiger partial charge in [-0.25, -0.2) is 4.57 Å². The molecular formula is C25H29N5O2S. The zero-order chi connectivity index (χ0) is 23.5. The topological polar surface area (TPSA) is 72.5 Å². The number of rotatable bonds is 8. The summed E-state index contributed by atoms with van der Waals surface area (Å²) in [6.07, 6.45) is 0. The van der Waals surface area contributed by atoms with Crippen molar-refractivity contribution < 1.29 is 4.79 Å². The van der Waals surface area contributed by atoms with E-state index in [4.69, 9.17) is 0 Å². The molecule has 0 aliphatic carbocycles. The number of hydrogen-bond acceptors (Lipinski definition) is 5. The largest absolute Gasteiger partial charge is 0.341 e. The number of para-hydroxylation sites is 2. The molecule has 0 saturated heterocycles. The van der Waals surface area contributed by atoms with Crippen LogP contribution in [0.25, 0.3) is 22.4 Å². The first kappa shape index (κ1) is 23.0. The van der Waals surface area contributed by atoms with Crippen LogP contribution in [0.15, 0.2) is 64.5 Å². The maximum absolute atomic E-state index is 13.3. The van der Waals surface area contributed by atoms with Gasteiger partial charge in [-0.1, -0.05) is 69.8 Å². The van der Waals surface area contributed by atoms with E-state index in [9.17, 15) is 9.59 Å². The number of nitrogens with zero attached hydrogens (tertiary/aromatic N) is 5. The number of amides is 1. The second kappa shape index (κ2) is 9.79. The highest BCUT2D eigenvalue weighted by atomic mass is 32.2. The van der Waals surface area contributed by atoms with Crippen LogP contribution in [0.5, 0.6) is 0 Å². The van der Waals surface area contributed by atoms with Crippen molar-refractivity contribution in [3.8, 4) is 5.69 Å². The zero-order valence-electron chi connectivity index (χ0n) is 19.4. The van der Waals surface area contributed by atoms with Gasteiger partial charge in [0.2, 0.25) is 11.7 Å². The van der Waals surface area contributed by atoms with Gasteiger partial charge in [-0.05, 0) is 36.1 Å². The lowest BCUT2D eigenvalue weighted by Crippen LogP contribution is -2.38. The van der Waals surface area contributed by atoms with Crippen molar-refractivity contribution >= 4 is 34.3 Å². The van der Waals surface area contributed by atoms with Crippen LogP contribution in [0.1, 0.15) is 27.7 Å². The molecule has 0 atom stereocenters. The molecular weight excluding hydrogens is 434 g/mol. The van der Waals surface area contributed by atoms with E-state index in [-0.39, 0.29) is 17.2 Å². The molecule has 4 rings (SSSR count). The first-order valence-electron chi connectivity index (χ1n) is 11.2. The SMILES string of the molecule is CC(C)CN(CC(C)C)C(=O)CSc1nnc2n(-c3ccccc3)c(=O)c3ccccc3n12. The molecule has 0 aliphatic heterocycles. The highest BCUT2D eigenvalue weighted by molar-refractivity contribution is 7.99. The Kier molecular flexibility index (Phi) is 6.83. The lowest BCUT2D eigenvalue weighted by Gasteiger charge is -2.26. The first-order valence-corrected chi connectivity index (χ1v) is 12.2. The highest BCUT2D eigenvalue weighted by Gasteiger charge is 2.21. The minimum Gasteiger partial charge on any atom is -0.341 e. The molecule has 0 spiro atoms. The Hall–Kier alpha value is -3.13. The molecule has 0 fully saturated rings. The molecule has 8 heteroatoms. The van der Waals surface area contributed by atoms with E-state index in [0.29, 0.717) is 28.2 Å². The second-order valence-electron chi connectivity index (χ2n) is 8.99. The number of fused-ring (bicyclic) bond motifs is 3. The fraction of sp³-hybridized carbons (Fsp3) is 0.360. The normalized spacial score (nSPS) is 11.7. The maximum atomic E-state index is 13.3. The summed E-state index contributed by atoms with van der Waals surface area (Å²) in [4.78, 5) is 28.3. The van der Waals surface area contributed by atoms with Crippen molar-refractivity contribution in [3.05, 3.63) is 65.0 Å². The Morgan fingerprint density at radius 1 is 0.939 bits per heavy atom. The fourth-order valence-corrected chi connectivity index (χ4v) is 4.80. The smallest absolute Gasteiger partial charge is 0.267 e. The van der Waals surface area contributed by atoms with Crippen LogP contribution in [0, 0.1) is 11.8 Å². The molecule has 0 radical (unpaired) electrons. The molecule has 2 aromatic heterocycles. The van der Waals surface area contributed by atoms with E-state index < -0.39 is 0 Å². The number of hydrogen-bond donors (Lipinski definition) is 0. The predicted molar refractivity (Wildman–Crippen MR) is 133 cm³/mol. The number of thioether (sulfide) groups is 1. The summed E-state index contributed by atoms with van der Waals surface area (Å²) in [5.74, 6) is 1.58. The van der Waals surface area contributed by atoms with E-state index in [2.05, 4.69) is 37.9 Å². The van der Waals surface area contributed by atoms with Crippen LogP contribution in [0.2, 0.25) is 0 Å². The Labute approximate surface area is 197 Å². The van der Waals surface area contributed by atoms with Crippen LogP contribution in [-0.2, 0) is 4.79 Å². The van der Waals surface area contributed by atoms with Gasteiger partial charge in [0.15, 0.2) is 5.16 Å². The monoisotopic (exact) mass is 463 g/mol. The summed E-state index contributed by atoms with van der Waals surface area (Å²) in [6, 6.07) is 16.9. The molecule has 2 aromatic carbocycles. The second-order valence-corrected chi connectivity index (χ2v) is 9.93. The van der Waals surface area contributed by atoms with Crippen molar-refractivity contribution in [1.82, 2.24) is 24.1 Å². The minimum absolute atomic E-state index is 0.0832. The number of carbonyl (C=O) groups excluding carboxylic acids is 1. The minimum atomic E-state index is -0.149. The molecule has 4 aromatic rings. The molecule has 172 valence electrons. The van der Waals surface area contributed by atoms with Crippen LogP contribution in [-0.4, -0.2) is 48.8 Å². The van der Waals surface area contributed by atoms with Gasteiger partial charge in [0.05, 0.1) is 22.3 Å². The molecule has 2 heterocycles. The Morgan fingerprint density at radius 2 is 1.58 bits per heavy atom. The molecule has 7 nitrogen and oxygen atoms in total. The molecule has 0 saturated carbocycles. The van der Waals surface area contributed by atoms with Crippen LogP contribution >= 0.6 is 11.8 Å². The van der Waals surface area contributed by atoms with Crippen molar-refractivity contribution in [3.63, 3.8) is 0 Å². The summed E-state index contributed by atoms with van der Waals surface area (Å²) in [6.45, 7) is 9.94. The summed E-state index contributed by atoms with van der Waals surface area (Å²) < 4.78 is 3.45. The van der Waals surface area contributed by atoms with Gasteiger partial charge in [0.25, 0.3) is 5.56 Å². The average Bonchev–Trinajstić information content (AvgIpc) is 3.21. The summed E-state index contributed by atoms with van der Waals surface area (Å²) >= 11 is 1.35. The Morgan fingerprint density at radius 3 is 2.24 bits per heavy atom. The van der Waals surface area contributed by atoms with Gasteiger partial charge in [-0.2, -0.15) is 0 Å². The van der Waals surface area contributed by atoms with E-state index in [1.165, 1.54) is 11.8 Å². The fourth-order valence-electron chi connectivity index (χ4n) is 3.96. The lowest BCUT2D eigenvalue weighted by molar-refractivity contribution is -0.129. The number of aromatic nitrogens is 4. The van der Waals surface area contributed by atoms with E-state index in [1.54, 1.807) is 4.57 Å². The maximum Gasteiger partial charge on any atom is 0.267 e. The van der Waals surface area contributed by atoms with Gasteiger partial charge in [0, 0.05) is 13.1 Å². The average molecular weight is 464 g/mol. The summed E-state index contributed by atoms with van der Waals surface area (Å²) in [5, 5.41) is 9.89. The van der Waals surface area contributed by atoms with Crippen molar-refractivity contribution in [2.75, 3.05) is 18.8 Å². The number of carbonyl (C=O) groups is 1. The molecule has 1 amide bonds. The van der Waals surface area contributed by atoms with Crippen LogP contribution < -0.4 is 5.56 Å². The Balaban J connectivity index is 1.75. The van der Waals surface area contributed by atoms with E-state index >= 15 is 0 Å². The van der Waals surface area contributed by atoms with Gasteiger partial charge in [-0.15, -0.1) is 10.2 Å². The standard InChI is InChI=1S/C25H29N5O2S/c1-17(2)14-28(15-18(3)4)22(31)16-33-25-27-26-24-29(19-10-6-5-7-11-19)23(32)20-12-8-9-13-21(20)30(24)25/h5-13,17-18H,14-16H2,1-4H3. The van der Waals surface area contributed by atoms with Crippen molar-refractivity contribution in [2.24, 2.45) is 11.8 Å². The third kappa shape index (κ3) is 4.80. The predicted octanol–water partition coefficient (Wildman–Crippen LogP) is 4.27. The number of benzene rings is 2. The van der Waals surface area contributed by atoms with E-state index in [0.717, 1.165) is 24.3 Å². The lowest BCUT2D eigenvalue weighted by atomic mass is 10.1. The molecule has 0 aliphatic rings. The van der Waals surface area contributed by atoms with Crippen molar-refractivity contribution in [2.45, 2.75) is 32.9 Å². The van der Waals surface area contributed by atoms with Crippen LogP contribution in [0.4, 0.5) is 0 Å². The third-order valence-electron chi connectivity index (χ3n) is 5.26. The third-order valence-corrected chi connectivity index (χ3v) is 6.17. The molecule has 0 unspecified atom stereocenters.